The Morgan fingerprint density at radius 2 is 1.86 bits per heavy atom. The third kappa shape index (κ3) is 5.49. The molecule has 0 atom stereocenters. The number of halogens is 1. The van der Waals surface area contributed by atoms with E-state index in [4.69, 9.17) is 4.74 Å². The molecular formula is C21H16BrN3O4. The Morgan fingerprint density at radius 1 is 1.10 bits per heavy atom. The van der Waals surface area contributed by atoms with Crippen molar-refractivity contribution in [1.82, 2.24) is 5.43 Å². The van der Waals surface area contributed by atoms with E-state index in [-0.39, 0.29) is 11.3 Å². The van der Waals surface area contributed by atoms with Crippen molar-refractivity contribution < 1.29 is 14.5 Å². The fourth-order valence-electron chi connectivity index (χ4n) is 2.55. The minimum Gasteiger partial charge on any atom is -0.488 e. The van der Waals surface area contributed by atoms with Crippen LogP contribution in [0.15, 0.2) is 82.4 Å². The molecule has 0 spiro atoms. The minimum atomic E-state index is -0.666. The van der Waals surface area contributed by atoms with Crippen molar-refractivity contribution in [2.75, 3.05) is 0 Å². The third-order valence-electron chi connectivity index (χ3n) is 3.92. The van der Waals surface area contributed by atoms with Gasteiger partial charge in [-0.2, -0.15) is 5.10 Å². The fraction of sp³-hybridized carbons (Fsp3) is 0.0476. The number of nitro benzene ring substituents is 1. The number of amides is 1. The molecule has 0 aliphatic heterocycles. The maximum absolute atomic E-state index is 12.2. The molecule has 0 aliphatic carbocycles. The lowest BCUT2D eigenvalue weighted by Crippen LogP contribution is -2.19. The van der Waals surface area contributed by atoms with E-state index in [0.29, 0.717) is 17.9 Å². The van der Waals surface area contributed by atoms with Crippen LogP contribution in [0.1, 0.15) is 21.5 Å². The predicted molar refractivity (Wildman–Crippen MR) is 113 cm³/mol. The zero-order valence-corrected chi connectivity index (χ0v) is 16.7. The molecule has 3 rings (SSSR count). The van der Waals surface area contributed by atoms with Crippen LogP contribution in [-0.4, -0.2) is 17.0 Å². The number of hydrogen-bond donors (Lipinski definition) is 1. The second-order valence-electron chi connectivity index (χ2n) is 5.93. The van der Waals surface area contributed by atoms with E-state index in [0.717, 1.165) is 10.0 Å². The van der Waals surface area contributed by atoms with E-state index in [1.165, 1.54) is 24.4 Å². The summed E-state index contributed by atoms with van der Waals surface area (Å²) in [5, 5.41) is 15.0. The van der Waals surface area contributed by atoms with Crippen molar-refractivity contribution in [3.63, 3.8) is 0 Å². The number of nitro groups is 1. The topological polar surface area (TPSA) is 93.8 Å². The molecule has 0 radical (unpaired) electrons. The molecule has 0 aromatic heterocycles. The summed E-state index contributed by atoms with van der Waals surface area (Å²) in [6.07, 6.45) is 1.43. The van der Waals surface area contributed by atoms with Gasteiger partial charge in [0.05, 0.1) is 11.1 Å². The molecule has 7 nitrogen and oxygen atoms in total. The average Bonchev–Trinajstić information content (AvgIpc) is 2.73. The Labute approximate surface area is 175 Å². The van der Waals surface area contributed by atoms with Crippen molar-refractivity contribution in [1.29, 1.82) is 0 Å². The molecule has 0 fully saturated rings. The van der Waals surface area contributed by atoms with Gasteiger partial charge >= 0.3 is 0 Å². The standard InChI is InChI=1S/C21H16BrN3O4/c22-17-8-5-6-15(12-17)14-29-20-11-4-1-7-16(20)13-23-24-21(26)18-9-2-3-10-19(18)25(27)28/h1-13H,14H2,(H,24,26)/b23-13+. The van der Waals surface area contributed by atoms with Gasteiger partial charge in [0.2, 0.25) is 0 Å². The van der Waals surface area contributed by atoms with Crippen LogP contribution in [-0.2, 0) is 6.61 Å². The molecule has 0 unspecified atom stereocenters. The quantitative estimate of drug-likeness (QED) is 0.318. The van der Waals surface area contributed by atoms with Gasteiger partial charge < -0.3 is 4.74 Å². The summed E-state index contributed by atoms with van der Waals surface area (Å²) in [4.78, 5) is 22.7. The van der Waals surface area contributed by atoms with Gasteiger partial charge in [-0.05, 0) is 35.9 Å². The summed E-state index contributed by atoms with van der Waals surface area (Å²) in [5.41, 5.74) is 3.63. The average molecular weight is 454 g/mol. The Bertz CT molecular complexity index is 1070. The highest BCUT2D eigenvalue weighted by Gasteiger charge is 2.18. The molecule has 29 heavy (non-hydrogen) atoms. The first-order chi connectivity index (χ1) is 14.0. The van der Waals surface area contributed by atoms with E-state index in [2.05, 4.69) is 26.5 Å². The number of para-hydroxylation sites is 2. The molecule has 3 aromatic carbocycles. The highest BCUT2D eigenvalue weighted by atomic mass is 79.9. The lowest BCUT2D eigenvalue weighted by atomic mass is 10.2. The van der Waals surface area contributed by atoms with E-state index < -0.39 is 10.8 Å². The van der Waals surface area contributed by atoms with E-state index in [1.807, 2.05) is 36.4 Å². The van der Waals surface area contributed by atoms with E-state index in [1.54, 1.807) is 18.2 Å². The molecule has 1 N–H and O–H groups in total. The van der Waals surface area contributed by atoms with Gasteiger partial charge in [-0.1, -0.05) is 52.3 Å². The number of benzene rings is 3. The summed E-state index contributed by atoms with van der Waals surface area (Å²) in [7, 11) is 0. The summed E-state index contributed by atoms with van der Waals surface area (Å²) in [6.45, 7) is 0.368. The Kier molecular flexibility index (Phi) is 6.70. The van der Waals surface area contributed by atoms with Crippen molar-refractivity contribution in [2.45, 2.75) is 6.61 Å². The van der Waals surface area contributed by atoms with Crippen LogP contribution >= 0.6 is 15.9 Å². The predicted octanol–water partition coefficient (Wildman–Crippen LogP) is 4.70. The van der Waals surface area contributed by atoms with Gasteiger partial charge in [0.25, 0.3) is 11.6 Å². The van der Waals surface area contributed by atoms with Crippen molar-refractivity contribution in [3.8, 4) is 5.75 Å². The first-order valence-electron chi connectivity index (χ1n) is 8.57. The largest absolute Gasteiger partial charge is 0.488 e. The molecule has 0 heterocycles. The summed E-state index contributed by atoms with van der Waals surface area (Å²) in [6, 6.07) is 20.7. The molecule has 3 aromatic rings. The third-order valence-corrected chi connectivity index (χ3v) is 4.41. The van der Waals surface area contributed by atoms with Gasteiger partial charge in [-0.3, -0.25) is 14.9 Å². The highest BCUT2D eigenvalue weighted by Crippen LogP contribution is 2.20. The SMILES string of the molecule is O=C(N/N=C/c1ccccc1OCc1cccc(Br)c1)c1ccccc1[N+](=O)[O-]. The number of nitrogens with zero attached hydrogens (tertiary/aromatic N) is 2. The van der Waals surface area contributed by atoms with E-state index in [9.17, 15) is 14.9 Å². The van der Waals surface area contributed by atoms with Crippen LogP contribution in [0.4, 0.5) is 5.69 Å². The second-order valence-corrected chi connectivity index (χ2v) is 6.85. The Hall–Kier alpha value is -3.52. The van der Waals surface area contributed by atoms with Crippen molar-refractivity contribution in [2.24, 2.45) is 5.10 Å². The Morgan fingerprint density at radius 3 is 2.66 bits per heavy atom. The second kappa shape index (κ2) is 9.61. The van der Waals surface area contributed by atoms with Crippen LogP contribution in [0.2, 0.25) is 0 Å². The highest BCUT2D eigenvalue weighted by molar-refractivity contribution is 9.10. The molecule has 0 aliphatic rings. The molecule has 0 saturated carbocycles. The van der Waals surface area contributed by atoms with Crippen LogP contribution in [0.25, 0.3) is 0 Å². The van der Waals surface area contributed by atoms with E-state index >= 15 is 0 Å². The first kappa shape index (κ1) is 20.2. The number of hydrogen-bond acceptors (Lipinski definition) is 5. The molecule has 8 heteroatoms. The number of hydrazone groups is 1. The lowest BCUT2D eigenvalue weighted by Gasteiger charge is -2.09. The van der Waals surface area contributed by atoms with Crippen LogP contribution in [0.3, 0.4) is 0 Å². The molecule has 146 valence electrons. The van der Waals surface area contributed by atoms with Gasteiger partial charge in [-0.25, -0.2) is 5.43 Å². The summed E-state index contributed by atoms with van der Waals surface area (Å²) >= 11 is 3.42. The normalized spacial score (nSPS) is 10.7. The van der Waals surface area contributed by atoms with Crippen LogP contribution in [0.5, 0.6) is 5.75 Å². The van der Waals surface area contributed by atoms with Gasteiger partial charge in [-0.15, -0.1) is 0 Å². The molecular weight excluding hydrogens is 438 g/mol. The zero-order chi connectivity index (χ0) is 20.6. The Balaban J connectivity index is 1.68. The van der Waals surface area contributed by atoms with Crippen LogP contribution < -0.4 is 10.2 Å². The molecule has 0 saturated heterocycles. The number of ether oxygens (including phenoxy) is 1. The summed E-state index contributed by atoms with van der Waals surface area (Å²) in [5.74, 6) is -0.0720. The number of carbonyl (C=O) groups excluding carboxylic acids is 1. The van der Waals surface area contributed by atoms with Crippen molar-refractivity contribution in [3.05, 3.63) is 104 Å². The summed E-state index contributed by atoms with van der Waals surface area (Å²) < 4.78 is 6.82. The maximum Gasteiger partial charge on any atom is 0.282 e. The number of nitrogens with one attached hydrogen (secondary N) is 1. The van der Waals surface area contributed by atoms with Gasteiger partial charge in [0.1, 0.15) is 17.9 Å². The smallest absolute Gasteiger partial charge is 0.282 e. The molecule has 1 amide bonds. The molecule has 0 bridgehead atoms. The van der Waals surface area contributed by atoms with Gasteiger partial charge in [0, 0.05) is 16.1 Å². The zero-order valence-electron chi connectivity index (χ0n) is 15.1. The minimum absolute atomic E-state index is 0.0613. The lowest BCUT2D eigenvalue weighted by molar-refractivity contribution is -0.385. The first-order valence-corrected chi connectivity index (χ1v) is 9.37. The maximum atomic E-state index is 12.2. The number of carbonyl (C=O) groups is 1. The van der Waals surface area contributed by atoms with Crippen molar-refractivity contribution >= 4 is 33.7 Å². The van der Waals surface area contributed by atoms with Crippen LogP contribution in [0, 0.1) is 10.1 Å². The monoisotopic (exact) mass is 453 g/mol. The fourth-order valence-corrected chi connectivity index (χ4v) is 3.00. The number of rotatable bonds is 7. The van der Waals surface area contributed by atoms with Gasteiger partial charge in [0.15, 0.2) is 0 Å².